The average Bonchev–Trinajstić information content (AvgIpc) is 2.87. The summed E-state index contributed by atoms with van der Waals surface area (Å²) in [5.41, 5.74) is 1.61. The van der Waals surface area contributed by atoms with Crippen molar-refractivity contribution in [3.8, 4) is 22.5 Å². The van der Waals surface area contributed by atoms with Gasteiger partial charge >= 0.3 is 57.6 Å². The maximum atomic E-state index is 14.6. The van der Waals surface area contributed by atoms with E-state index in [1.807, 2.05) is 32.0 Å². The first-order valence-electron chi connectivity index (χ1n) is 12.3. The number of anilines is 1. The molecule has 3 aromatic carbocycles. The van der Waals surface area contributed by atoms with Crippen molar-refractivity contribution < 1.29 is 68.9 Å². The van der Waals surface area contributed by atoms with E-state index in [9.17, 15) is 17.6 Å². The Morgan fingerprint density at radius 1 is 0.974 bits per heavy atom. The van der Waals surface area contributed by atoms with Crippen LogP contribution in [-0.2, 0) is 6.18 Å². The van der Waals surface area contributed by atoms with E-state index < -0.39 is 17.6 Å². The zero-order chi connectivity index (χ0) is 26.6. The van der Waals surface area contributed by atoms with Crippen LogP contribution in [0.5, 0.6) is 0 Å². The van der Waals surface area contributed by atoms with Crippen molar-refractivity contribution in [3.05, 3.63) is 82.9 Å². The number of hydrogen-bond acceptors (Lipinski definition) is 3. The van der Waals surface area contributed by atoms with Gasteiger partial charge in [0.2, 0.25) is 0 Å². The Morgan fingerprint density at radius 3 is 2.45 bits per heavy atom. The van der Waals surface area contributed by atoms with Gasteiger partial charge in [0.25, 0.3) is 0 Å². The number of rotatable bonds is 9. The molecule has 0 spiro atoms. The summed E-state index contributed by atoms with van der Waals surface area (Å²) in [4.78, 5) is 9.56. The molecule has 1 aromatic heterocycles. The van der Waals surface area contributed by atoms with Crippen LogP contribution in [0.25, 0.3) is 38.7 Å². The number of benzene rings is 3. The van der Waals surface area contributed by atoms with Crippen molar-refractivity contribution in [2.75, 3.05) is 18.4 Å². The molecule has 4 rings (SSSR count). The molecule has 0 saturated heterocycles. The van der Waals surface area contributed by atoms with E-state index in [1.54, 1.807) is 24.3 Å². The Balaban J connectivity index is 0.00000400. The smallest absolute Gasteiger partial charge is 0.662 e. The van der Waals surface area contributed by atoms with Crippen molar-refractivity contribution >= 4 is 16.7 Å². The molecule has 1 unspecified atom stereocenters. The van der Waals surface area contributed by atoms with Gasteiger partial charge in [-0.2, -0.15) is 19.7 Å². The first-order chi connectivity index (χ1) is 17.7. The van der Waals surface area contributed by atoms with Gasteiger partial charge in [-0.25, -0.2) is 14.4 Å². The summed E-state index contributed by atoms with van der Waals surface area (Å²) in [5, 5.41) is 8.77. The van der Waals surface area contributed by atoms with Crippen LogP contribution in [0, 0.1) is 12.7 Å². The van der Waals surface area contributed by atoms with Gasteiger partial charge in [0.1, 0.15) is 11.6 Å². The fourth-order valence-corrected chi connectivity index (χ4v) is 4.26. The molecule has 0 fully saturated rings. The van der Waals surface area contributed by atoms with Crippen molar-refractivity contribution in [1.29, 1.82) is 0 Å². The maximum Gasteiger partial charge on any atom is 1.00 e. The van der Waals surface area contributed by atoms with Gasteiger partial charge in [-0.3, -0.25) is 0 Å². The van der Waals surface area contributed by atoms with Crippen LogP contribution in [0.2, 0.25) is 0 Å². The topological polar surface area (TPSA) is 51.9 Å². The minimum atomic E-state index is -4.57. The second-order valence-corrected chi connectivity index (χ2v) is 9.09. The van der Waals surface area contributed by atoms with Crippen molar-refractivity contribution in [3.63, 3.8) is 0 Å². The van der Waals surface area contributed by atoms with Crippen LogP contribution in [0.15, 0.2) is 60.7 Å². The molecule has 9 heteroatoms. The number of halogens is 4. The van der Waals surface area contributed by atoms with E-state index in [2.05, 4.69) is 17.6 Å². The Bertz CT molecular complexity index is 1390. The average molecular weight is 549 g/mol. The molecule has 0 radical (unpaired) electrons. The van der Waals surface area contributed by atoms with Gasteiger partial charge in [-0.15, -0.1) is 6.54 Å². The number of aromatic nitrogens is 2. The minimum absolute atomic E-state index is 0. The second kappa shape index (κ2) is 13.5. The quantitative estimate of drug-likeness (QED) is 0.173. The first kappa shape index (κ1) is 30.7. The fourth-order valence-electron chi connectivity index (χ4n) is 4.26. The van der Waals surface area contributed by atoms with Gasteiger partial charge in [-0.1, -0.05) is 43.7 Å². The van der Waals surface area contributed by atoms with Crippen LogP contribution in [0.3, 0.4) is 0 Å². The number of nitrogens with one attached hydrogen (secondary N) is 1. The molecule has 0 saturated carbocycles. The van der Waals surface area contributed by atoms with Crippen LogP contribution in [0.4, 0.5) is 23.4 Å². The van der Waals surface area contributed by atoms with Gasteiger partial charge < -0.3 is 10.6 Å². The predicted molar refractivity (Wildman–Crippen MR) is 141 cm³/mol. The summed E-state index contributed by atoms with van der Waals surface area (Å²) in [5.74, 6) is 0.359. The number of fused-ring (bicyclic) bond motifs is 1. The molecule has 0 bridgehead atoms. The summed E-state index contributed by atoms with van der Waals surface area (Å²) < 4.78 is 54.3. The van der Waals surface area contributed by atoms with Crippen LogP contribution in [-0.4, -0.2) is 29.1 Å². The molecule has 38 heavy (non-hydrogen) atoms. The van der Waals surface area contributed by atoms with Gasteiger partial charge in [0.15, 0.2) is 5.82 Å². The molecule has 1 atom stereocenters. The molecule has 0 aliphatic carbocycles. The Hall–Kier alpha value is -1.88. The Labute approximate surface area is 263 Å². The molecular formula is C29H29F4KN4. The normalized spacial score (nSPS) is 12.3. The molecule has 4 nitrogen and oxygen atoms in total. The van der Waals surface area contributed by atoms with Crippen LogP contribution < -0.4 is 56.7 Å². The first-order valence-corrected chi connectivity index (χ1v) is 12.3. The number of aryl methyl sites for hydroxylation is 1. The molecule has 0 aliphatic rings. The van der Waals surface area contributed by atoms with E-state index in [-0.39, 0.29) is 63.0 Å². The standard InChI is InChI=1S/C29H29F4N4.K/c1-4-34-15-7-9-19(3)35-28-23-12-5-8-18(2)26(23)36-27(37-28)21-11-6-10-20(16-21)24-17-22(29(31,32)33)13-14-25(24)30;/h5-6,8,10-14,16-17,19H,4,7,9,15H2,1-3H3,(H,35,36,37);/q-1;+1. The third-order valence-electron chi connectivity index (χ3n) is 6.21. The largest absolute Gasteiger partial charge is 1.00 e. The van der Waals surface area contributed by atoms with Crippen molar-refractivity contribution in [2.45, 2.75) is 45.8 Å². The molecule has 0 aliphatic heterocycles. The zero-order valence-corrected chi connectivity index (χ0v) is 25.2. The SMILES string of the molecule is CC[N-]CCCC(C)Nc1nc(-c2cccc(-c3cc(C(F)(F)F)ccc3F)c2)nc2c(C)cccc12.[K+]. The van der Waals surface area contributed by atoms with Gasteiger partial charge in [-0.05, 0) is 61.7 Å². The zero-order valence-electron chi connectivity index (χ0n) is 22.0. The van der Waals surface area contributed by atoms with Crippen molar-refractivity contribution in [2.24, 2.45) is 0 Å². The monoisotopic (exact) mass is 548 g/mol. The van der Waals surface area contributed by atoms with E-state index in [0.29, 0.717) is 22.8 Å². The molecule has 4 aromatic rings. The van der Waals surface area contributed by atoms with Crippen LogP contribution >= 0.6 is 0 Å². The summed E-state index contributed by atoms with van der Waals surface area (Å²) >= 11 is 0. The molecule has 1 N–H and O–H groups in total. The Morgan fingerprint density at radius 2 is 1.71 bits per heavy atom. The van der Waals surface area contributed by atoms with E-state index in [1.165, 1.54) is 0 Å². The van der Waals surface area contributed by atoms with E-state index in [0.717, 1.165) is 60.6 Å². The molecular weight excluding hydrogens is 519 g/mol. The van der Waals surface area contributed by atoms with Gasteiger partial charge in [0, 0.05) is 22.6 Å². The second-order valence-electron chi connectivity index (χ2n) is 9.09. The molecule has 194 valence electrons. The van der Waals surface area contributed by atoms with Gasteiger partial charge in [0.05, 0.1) is 11.1 Å². The molecule has 1 heterocycles. The molecule has 0 amide bonds. The van der Waals surface area contributed by atoms with E-state index in [4.69, 9.17) is 9.97 Å². The number of hydrogen-bond donors (Lipinski definition) is 1. The number of para-hydroxylation sites is 1. The van der Waals surface area contributed by atoms with Crippen molar-refractivity contribution in [1.82, 2.24) is 9.97 Å². The maximum absolute atomic E-state index is 14.6. The Kier molecular flexibility index (Phi) is 10.9. The summed E-state index contributed by atoms with van der Waals surface area (Å²) in [6.45, 7) is 7.70. The predicted octanol–water partition coefficient (Wildman–Crippen LogP) is 5.41. The summed E-state index contributed by atoms with van der Waals surface area (Å²) in [6, 6.07) is 15.1. The third-order valence-corrected chi connectivity index (χ3v) is 6.21. The number of nitrogens with zero attached hydrogens (tertiary/aromatic N) is 3. The van der Waals surface area contributed by atoms with E-state index >= 15 is 0 Å². The number of alkyl halides is 3. The summed E-state index contributed by atoms with van der Waals surface area (Å²) in [7, 11) is 0. The minimum Gasteiger partial charge on any atom is -0.662 e. The van der Waals surface area contributed by atoms with Crippen LogP contribution in [0.1, 0.15) is 37.8 Å². The summed E-state index contributed by atoms with van der Waals surface area (Å²) in [6.07, 6.45) is -2.69. The fraction of sp³-hybridized carbons (Fsp3) is 0.310. The third kappa shape index (κ3) is 7.40.